The van der Waals surface area contributed by atoms with Crippen molar-refractivity contribution in [1.82, 2.24) is 0 Å². The number of esters is 1. The van der Waals surface area contributed by atoms with Crippen molar-refractivity contribution in [2.45, 2.75) is 38.7 Å². The summed E-state index contributed by atoms with van der Waals surface area (Å²) < 4.78 is 5.15. The summed E-state index contributed by atoms with van der Waals surface area (Å²) >= 11 is 0. The molecule has 6 heteroatoms. The summed E-state index contributed by atoms with van der Waals surface area (Å²) in [5.41, 5.74) is 0.440. The number of nitro groups is 1. The van der Waals surface area contributed by atoms with Gasteiger partial charge in [0.25, 0.3) is 5.69 Å². The summed E-state index contributed by atoms with van der Waals surface area (Å²) in [4.78, 5) is 33.8. The third-order valence-electron chi connectivity index (χ3n) is 3.39. The summed E-state index contributed by atoms with van der Waals surface area (Å²) in [6.45, 7) is 1.60. The molecule has 1 aliphatic rings. The van der Waals surface area contributed by atoms with Gasteiger partial charge < -0.3 is 4.74 Å². The number of aryl methyl sites for hydroxylation is 1. The first-order chi connectivity index (χ1) is 9.49. The van der Waals surface area contributed by atoms with Crippen molar-refractivity contribution >= 4 is 17.4 Å². The smallest absolute Gasteiger partial charge is 0.339 e. The van der Waals surface area contributed by atoms with Crippen LogP contribution in [0, 0.1) is 17.0 Å². The van der Waals surface area contributed by atoms with Crippen LogP contribution >= 0.6 is 0 Å². The Balaban J connectivity index is 2.15. The van der Waals surface area contributed by atoms with E-state index in [1.165, 1.54) is 18.2 Å². The molecule has 0 N–H and O–H groups in total. The van der Waals surface area contributed by atoms with Crippen LogP contribution in [0.4, 0.5) is 5.69 Å². The lowest BCUT2D eigenvalue weighted by atomic mass is 9.96. The van der Waals surface area contributed by atoms with Crippen molar-refractivity contribution in [3.63, 3.8) is 0 Å². The van der Waals surface area contributed by atoms with Crippen LogP contribution in [0.1, 0.15) is 41.6 Å². The van der Waals surface area contributed by atoms with Crippen molar-refractivity contribution < 1.29 is 19.2 Å². The molecule has 1 fully saturated rings. The van der Waals surface area contributed by atoms with Gasteiger partial charge in [0.05, 0.1) is 10.5 Å². The van der Waals surface area contributed by atoms with Crippen molar-refractivity contribution in [3.8, 4) is 0 Å². The Kier molecular flexibility index (Phi) is 4.12. The molecule has 20 heavy (non-hydrogen) atoms. The maximum atomic E-state index is 11.9. The van der Waals surface area contributed by atoms with Gasteiger partial charge in [-0.15, -0.1) is 0 Å². The fourth-order valence-electron chi connectivity index (χ4n) is 2.21. The Morgan fingerprint density at radius 3 is 2.80 bits per heavy atom. The van der Waals surface area contributed by atoms with Crippen LogP contribution in [0.5, 0.6) is 0 Å². The van der Waals surface area contributed by atoms with E-state index in [0.717, 1.165) is 12.8 Å². The van der Waals surface area contributed by atoms with Crippen LogP contribution in [0.25, 0.3) is 0 Å². The Bertz CT molecular complexity index is 567. The fourth-order valence-corrected chi connectivity index (χ4v) is 2.21. The fraction of sp³-hybridized carbons (Fsp3) is 0.429. The third kappa shape index (κ3) is 3.01. The van der Waals surface area contributed by atoms with E-state index in [2.05, 4.69) is 0 Å². The number of rotatable bonds is 3. The summed E-state index contributed by atoms with van der Waals surface area (Å²) in [5.74, 6) is -0.764. The monoisotopic (exact) mass is 277 g/mol. The normalized spacial score (nSPS) is 18.6. The molecule has 1 aliphatic carbocycles. The lowest BCUT2D eigenvalue weighted by molar-refractivity contribution is -0.385. The highest BCUT2D eigenvalue weighted by Crippen LogP contribution is 2.22. The lowest BCUT2D eigenvalue weighted by Crippen LogP contribution is -2.30. The summed E-state index contributed by atoms with van der Waals surface area (Å²) in [6.07, 6.45) is 1.90. The molecule has 0 saturated heterocycles. The largest absolute Gasteiger partial charge is 0.451 e. The third-order valence-corrected chi connectivity index (χ3v) is 3.39. The van der Waals surface area contributed by atoms with Crippen LogP contribution in [-0.4, -0.2) is 22.8 Å². The van der Waals surface area contributed by atoms with Gasteiger partial charge in [0.1, 0.15) is 0 Å². The van der Waals surface area contributed by atoms with Crippen molar-refractivity contribution in [2.75, 3.05) is 0 Å². The molecule has 0 unspecified atom stereocenters. The maximum absolute atomic E-state index is 11.9. The predicted octanol–water partition coefficient (Wildman–Crippen LogP) is 2.57. The van der Waals surface area contributed by atoms with E-state index >= 15 is 0 Å². The standard InChI is InChI=1S/C14H15NO5/c1-9-6-7-10(8-11(9)15(18)19)14(17)20-13-5-3-2-4-12(13)16/h6-8,13H,2-5H2,1H3/t13-/m0/s1. The first-order valence-corrected chi connectivity index (χ1v) is 6.48. The van der Waals surface area contributed by atoms with Gasteiger partial charge in [-0.1, -0.05) is 6.07 Å². The highest BCUT2D eigenvalue weighted by molar-refractivity contribution is 5.93. The Morgan fingerprint density at radius 2 is 2.15 bits per heavy atom. The van der Waals surface area contributed by atoms with E-state index in [1.54, 1.807) is 6.92 Å². The summed E-state index contributed by atoms with van der Waals surface area (Å²) in [7, 11) is 0. The molecule has 0 amide bonds. The Hall–Kier alpha value is -2.24. The number of nitrogens with zero attached hydrogens (tertiary/aromatic N) is 1. The molecule has 0 aliphatic heterocycles. The maximum Gasteiger partial charge on any atom is 0.339 e. The van der Waals surface area contributed by atoms with Gasteiger partial charge in [-0.25, -0.2) is 4.79 Å². The van der Waals surface area contributed by atoms with Crippen molar-refractivity contribution in [1.29, 1.82) is 0 Å². The predicted molar refractivity (Wildman–Crippen MR) is 70.5 cm³/mol. The highest BCUT2D eigenvalue weighted by Gasteiger charge is 2.27. The number of carbonyl (C=O) groups is 2. The van der Waals surface area contributed by atoms with Gasteiger partial charge in [-0.05, 0) is 32.3 Å². The zero-order valence-electron chi connectivity index (χ0n) is 11.1. The van der Waals surface area contributed by atoms with E-state index in [1.807, 2.05) is 0 Å². The number of carbonyl (C=O) groups excluding carboxylic acids is 2. The first kappa shape index (κ1) is 14.2. The lowest BCUT2D eigenvalue weighted by Gasteiger charge is -2.20. The zero-order chi connectivity index (χ0) is 14.7. The average molecular weight is 277 g/mol. The molecule has 2 rings (SSSR count). The molecular weight excluding hydrogens is 262 g/mol. The molecule has 0 bridgehead atoms. The second-order valence-corrected chi connectivity index (χ2v) is 4.86. The molecule has 0 aromatic heterocycles. The number of Topliss-reactive ketones (excluding diaryl/α,β-unsaturated/α-hetero) is 1. The van der Waals surface area contributed by atoms with Gasteiger partial charge in [0.2, 0.25) is 0 Å². The molecule has 1 atom stereocenters. The van der Waals surface area contributed by atoms with Gasteiger partial charge in [0.15, 0.2) is 11.9 Å². The van der Waals surface area contributed by atoms with E-state index < -0.39 is 17.0 Å². The van der Waals surface area contributed by atoms with E-state index in [-0.39, 0.29) is 17.0 Å². The van der Waals surface area contributed by atoms with E-state index in [4.69, 9.17) is 4.74 Å². The summed E-state index contributed by atoms with van der Waals surface area (Å²) in [6, 6.07) is 4.15. The average Bonchev–Trinajstić information content (AvgIpc) is 2.41. The number of nitro benzene ring substituents is 1. The Morgan fingerprint density at radius 1 is 1.40 bits per heavy atom. The minimum absolute atomic E-state index is 0.0776. The van der Waals surface area contributed by atoms with Gasteiger partial charge in [0, 0.05) is 18.1 Å². The van der Waals surface area contributed by atoms with Crippen molar-refractivity contribution in [2.24, 2.45) is 0 Å². The van der Waals surface area contributed by atoms with Gasteiger partial charge in [-0.3, -0.25) is 14.9 Å². The topological polar surface area (TPSA) is 86.5 Å². The molecule has 1 saturated carbocycles. The molecule has 0 spiro atoms. The minimum Gasteiger partial charge on any atom is -0.451 e. The first-order valence-electron chi connectivity index (χ1n) is 6.48. The molecule has 1 aromatic carbocycles. The number of hydrogen-bond donors (Lipinski definition) is 0. The second kappa shape index (κ2) is 5.81. The quantitative estimate of drug-likeness (QED) is 0.481. The molecule has 6 nitrogen and oxygen atoms in total. The Labute approximate surface area is 115 Å². The molecular formula is C14H15NO5. The zero-order valence-corrected chi connectivity index (χ0v) is 11.1. The number of ether oxygens (including phenoxy) is 1. The van der Waals surface area contributed by atoms with Crippen LogP contribution in [-0.2, 0) is 9.53 Å². The van der Waals surface area contributed by atoms with Gasteiger partial charge in [-0.2, -0.15) is 0 Å². The van der Waals surface area contributed by atoms with Crippen LogP contribution in [0.2, 0.25) is 0 Å². The minimum atomic E-state index is -0.711. The number of benzene rings is 1. The molecule has 106 valence electrons. The van der Waals surface area contributed by atoms with Gasteiger partial charge >= 0.3 is 5.97 Å². The summed E-state index contributed by atoms with van der Waals surface area (Å²) in [5, 5.41) is 10.8. The van der Waals surface area contributed by atoms with Crippen LogP contribution < -0.4 is 0 Å². The highest BCUT2D eigenvalue weighted by atomic mass is 16.6. The van der Waals surface area contributed by atoms with E-state index in [0.29, 0.717) is 18.4 Å². The van der Waals surface area contributed by atoms with E-state index in [9.17, 15) is 19.7 Å². The molecule has 1 aromatic rings. The number of ketones is 1. The molecule has 0 radical (unpaired) electrons. The molecule has 0 heterocycles. The van der Waals surface area contributed by atoms with Crippen LogP contribution in [0.3, 0.4) is 0 Å². The van der Waals surface area contributed by atoms with Crippen LogP contribution in [0.15, 0.2) is 18.2 Å². The second-order valence-electron chi connectivity index (χ2n) is 4.86. The number of hydrogen-bond acceptors (Lipinski definition) is 5. The SMILES string of the molecule is Cc1ccc(C(=O)O[C@H]2CCCCC2=O)cc1[N+](=O)[O-]. The van der Waals surface area contributed by atoms with Crippen molar-refractivity contribution in [3.05, 3.63) is 39.4 Å².